The Bertz CT molecular complexity index is 879. The molecule has 5 nitrogen and oxygen atoms in total. The molecule has 1 N–H and O–H groups in total. The number of carbonyl (C=O) groups is 1. The number of hydrogen-bond acceptors (Lipinski definition) is 3. The summed E-state index contributed by atoms with van der Waals surface area (Å²) in [6, 6.07) is 6.59. The molecule has 0 bridgehead atoms. The first kappa shape index (κ1) is 17.0. The molecule has 2 aromatic rings. The van der Waals surface area contributed by atoms with E-state index in [1.165, 1.54) is 5.57 Å². The molecule has 2 aliphatic rings. The van der Waals surface area contributed by atoms with Gasteiger partial charge < -0.3 is 10.1 Å². The number of aromatic nitrogens is 2. The van der Waals surface area contributed by atoms with E-state index < -0.39 is 0 Å². The number of methoxy groups -OCH3 is 1. The largest absolute Gasteiger partial charge is 0.381 e. The molecule has 4 rings (SSSR count). The second kappa shape index (κ2) is 6.72. The molecule has 0 saturated heterocycles. The van der Waals surface area contributed by atoms with Crippen molar-refractivity contribution >= 4 is 11.5 Å². The van der Waals surface area contributed by atoms with E-state index in [4.69, 9.17) is 4.74 Å². The normalized spacial score (nSPS) is 19.5. The van der Waals surface area contributed by atoms with Gasteiger partial charge in [-0.05, 0) is 68.0 Å². The molecule has 5 heteroatoms. The van der Waals surface area contributed by atoms with Gasteiger partial charge in [0.05, 0.1) is 11.8 Å². The van der Waals surface area contributed by atoms with E-state index in [0.717, 1.165) is 47.2 Å². The van der Waals surface area contributed by atoms with E-state index in [0.29, 0.717) is 12.6 Å². The number of amides is 1. The second-order valence-corrected chi connectivity index (χ2v) is 7.35. The molecule has 0 fully saturated rings. The fraction of sp³-hybridized carbons (Fsp3) is 0.429. The van der Waals surface area contributed by atoms with Crippen LogP contribution in [-0.4, -0.2) is 28.9 Å². The standard InChI is InChI=1S/C21H25N3O2/c1-13(2)24-20(8-9-23-24)17-10-15(11-18-19(17)12-22-21(18)25)14-4-6-16(26-3)7-5-14/h4,8-11,13,16H,5-7,12H2,1-3H3,(H,22,25). The van der Waals surface area contributed by atoms with Gasteiger partial charge in [-0.25, -0.2) is 0 Å². The molecular formula is C21H25N3O2. The fourth-order valence-electron chi connectivity index (χ4n) is 3.97. The minimum Gasteiger partial charge on any atom is -0.381 e. The van der Waals surface area contributed by atoms with Crippen LogP contribution in [0.4, 0.5) is 0 Å². The molecule has 1 amide bonds. The van der Waals surface area contributed by atoms with Gasteiger partial charge in [0.15, 0.2) is 0 Å². The van der Waals surface area contributed by atoms with Crippen LogP contribution in [0.3, 0.4) is 0 Å². The summed E-state index contributed by atoms with van der Waals surface area (Å²) in [5, 5.41) is 7.45. The van der Waals surface area contributed by atoms with E-state index in [2.05, 4.69) is 42.5 Å². The zero-order chi connectivity index (χ0) is 18.3. The highest BCUT2D eigenvalue weighted by Gasteiger charge is 2.26. The molecule has 1 aromatic heterocycles. The minimum atomic E-state index is 0.0184. The van der Waals surface area contributed by atoms with Crippen molar-refractivity contribution in [1.82, 2.24) is 15.1 Å². The number of rotatable bonds is 4. The zero-order valence-corrected chi connectivity index (χ0v) is 15.6. The molecule has 136 valence electrons. The third-order valence-corrected chi connectivity index (χ3v) is 5.42. The van der Waals surface area contributed by atoms with Crippen molar-refractivity contribution in [3.05, 3.63) is 47.2 Å². The summed E-state index contributed by atoms with van der Waals surface area (Å²) in [5.74, 6) is 0.0184. The summed E-state index contributed by atoms with van der Waals surface area (Å²) in [6.45, 7) is 4.83. The van der Waals surface area contributed by atoms with Crippen molar-refractivity contribution in [1.29, 1.82) is 0 Å². The van der Waals surface area contributed by atoms with Crippen LogP contribution < -0.4 is 5.32 Å². The Kier molecular flexibility index (Phi) is 4.41. The summed E-state index contributed by atoms with van der Waals surface area (Å²) in [5.41, 5.74) is 6.49. The van der Waals surface area contributed by atoms with Crippen molar-refractivity contribution in [2.45, 2.75) is 51.8 Å². The minimum absolute atomic E-state index is 0.0184. The molecule has 26 heavy (non-hydrogen) atoms. The molecule has 1 unspecified atom stereocenters. The average Bonchev–Trinajstić information content (AvgIpc) is 3.28. The Hall–Kier alpha value is -2.40. The van der Waals surface area contributed by atoms with Crippen LogP contribution in [0.5, 0.6) is 0 Å². The third-order valence-electron chi connectivity index (χ3n) is 5.42. The Morgan fingerprint density at radius 1 is 1.31 bits per heavy atom. The maximum Gasteiger partial charge on any atom is 0.251 e. The predicted molar refractivity (Wildman–Crippen MR) is 102 cm³/mol. The summed E-state index contributed by atoms with van der Waals surface area (Å²) >= 11 is 0. The number of ether oxygens (including phenoxy) is 1. The highest BCUT2D eigenvalue weighted by atomic mass is 16.5. The van der Waals surface area contributed by atoms with E-state index >= 15 is 0 Å². The van der Waals surface area contributed by atoms with Gasteiger partial charge in [0.25, 0.3) is 5.91 Å². The molecule has 1 aromatic carbocycles. The lowest BCUT2D eigenvalue weighted by Crippen LogP contribution is -2.14. The van der Waals surface area contributed by atoms with Gasteiger partial charge >= 0.3 is 0 Å². The van der Waals surface area contributed by atoms with Crippen LogP contribution in [0.15, 0.2) is 30.5 Å². The summed E-state index contributed by atoms with van der Waals surface area (Å²) < 4.78 is 7.50. The molecule has 2 heterocycles. The van der Waals surface area contributed by atoms with E-state index in [1.54, 1.807) is 7.11 Å². The first-order valence-electron chi connectivity index (χ1n) is 9.29. The van der Waals surface area contributed by atoms with E-state index in [1.807, 2.05) is 16.9 Å². The Labute approximate surface area is 154 Å². The van der Waals surface area contributed by atoms with E-state index in [-0.39, 0.29) is 11.9 Å². The molecule has 0 spiro atoms. The van der Waals surface area contributed by atoms with Gasteiger partial charge in [-0.2, -0.15) is 5.10 Å². The molecule has 1 aliphatic heterocycles. The highest BCUT2D eigenvalue weighted by molar-refractivity contribution is 6.01. The first-order chi connectivity index (χ1) is 12.6. The highest BCUT2D eigenvalue weighted by Crippen LogP contribution is 2.36. The van der Waals surface area contributed by atoms with Crippen LogP contribution in [0, 0.1) is 0 Å². The van der Waals surface area contributed by atoms with Crippen molar-refractivity contribution in [3.63, 3.8) is 0 Å². The molecule has 1 aliphatic carbocycles. The maximum absolute atomic E-state index is 12.4. The van der Waals surface area contributed by atoms with Crippen LogP contribution >= 0.6 is 0 Å². The van der Waals surface area contributed by atoms with Crippen molar-refractivity contribution in [3.8, 4) is 11.3 Å². The van der Waals surface area contributed by atoms with Crippen molar-refractivity contribution in [2.24, 2.45) is 0 Å². The Morgan fingerprint density at radius 3 is 2.81 bits per heavy atom. The zero-order valence-electron chi connectivity index (χ0n) is 15.6. The summed E-state index contributed by atoms with van der Waals surface area (Å²) in [4.78, 5) is 12.4. The number of benzene rings is 1. The lowest BCUT2D eigenvalue weighted by atomic mass is 9.88. The molecule has 0 saturated carbocycles. The van der Waals surface area contributed by atoms with Crippen LogP contribution in [0.2, 0.25) is 0 Å². The molecular weight excluding hydrogens is 326 g/mol. The quantitative estimate of drug-likeness (QED) is 0.907. The van der Waals surface area contributed by atoms with E-state index in [9.17, 15) is 4.79 Å². The average molecular weight is 351 g/mol. The van der Waals surface area contributed by atoms with Crippen molar-refractivity contribution in [2.75, 3.05) is 7.11 Å². The van der Waals surface area contributed by atoms with Gasteiger partial charge in [-0.3, -0.25) is 9.48 Å². The van der Waals surface area contributed by atoms with Gasteiger partial charge in [-0.1, -0.05) is 6.08 Å². The van der Waals surface area contributed by atoms with Crippen LogP contribution in [0.1, 0.15) is 60.6 Å². The molecule has 1 atom stereocenters. The van der Waals surface area contributed by atoms with Crippen LogP contribution in [0.25, 0.3) is 16.8 Å². The number of nitrogens with one attached hydrogen (secondary N) is 1. The first-order valence-corrected chi connectivity index (χ1v) is 9.29. The molecule has 0 radical (unpaired) electrons. The number of nitrogens with zero attached hydrogens (tertiary/aromatic N) is 2. The number of hydrogen-bond donors (Lipinski definition) is 1. The number of fused-ring (bicyclic) bond motifs is 1. The Morgan fingerprint density at radius 2 is 2.12 bits per heavy atom. The predicted octanol–water partition coefficient (Wildman–Crippen LogP) is 3.96. The number of allylic oxidation sites excluding steroid dienone is 1. The second-order valence-electron chi connectivity index (χ2n) is 7.35. The smallest absolute Gasteiger partial charge is 0.251 e. The third kappa shape index (κ3) is 2.86. The lowest BCUT2D eigenvalue weighted by Gasteiger charge is -2.22. The van der Waals surface area contributed by atoms with Crippen LogP contribution in [-0.2, 0) is 11.3 Å². The fourth-order valence-corrected chi connectivity index (χ4v) is 3.97. The van der Waals surface area contributed by atoms with Gasteiger partial charge in [-0.15, -0.1) is 0 Å². The van der Waals surface area contributed by atoms with Gasteiger partial charge in [0, 0.05) is 37.0 Å². The SMILES string of the molecule is COC1CC=C(c2cc3c(c(-c4ccnn4C(C)C)c2)CNC3=O)CC1. The topological polar surface area (TPSA) is 56.1 Å². The Balaban J connectivity index is 1.83. The summed E-state index contributed by atoms with van der Waals surface area (Å²) in [6.07, 6.45) is 7.32. The summed E-state index contributed by atoms with van der Waals surface area (Å²) in [7, 11) is 1.77. The number of carbonyl (C=O) groups excluding carboxylic acids is 1. The van der Waals surface area contributed by atoms with Gasteiger partial charge in [0.1, 0.15) is 0 Å². The maximum atomic E-state index is 12.4. The lowest BCUT2D eigenvalue weighted by molar-refractivity contribution is 0.0960. The monoisotopic (exact) mass is 351 g/mol. The van der Waals surface area contributed by atoms with Gasteiger partial charge in [0.2, 0.25) is 0 Å². The van der Waals surface area contributed by atoms with Crippen molar-refractivity contribution < 1.29 is 9.53 Å².